The highest BCUT2D eigenvalue weighted by molar-refractivity contribution is 9.10. The fourth-order valence-corrected chi connectivity index (χ4v) is 3.11. The highest BCUT2D eigenvalue weighted by atomic mass is 79.9. The predicted molar refractivity (Wildman–Crippen MR) is 73.7 cm³/mol. The van der Waals surface area contributed by atoms with Crippen molar-refractivity contribution in [2.75, 3.05) is 0 Å². The number of thioether (sulfide) groups is 1. The SMILES string of the molecule is CC(O)C(C)Sc1ccc([C@H](C)N)c(Br)c1. The van der Waals surface area contributed by atoms with Gasteiger partial charge in [-0.3, -0.25) is 0 Å². The predicted octanol–water partition coefficient (Wildman–Crippen LogP) is 3.33. The Hall–Kier alpha value is -0.0300. The van der Waals surface area contributed by atoms with Crippen LogP contribution in [0, 0.1) is 0 Å². The molecule has 3 N–H and O–H groups in total. The average Bonchev–Trinajstić information content (AvgIpc) is 2.16. The zero-order chi connectivity index (χ0) is 12.3. The summed E-state index contributed by atoms with van der Waals surface area (Å²) < 4.78 is 1.03. The van der Waals surface area contributed by atoms with Gasteiger partial charge in [-0.1, -0.05) is 28.9 Å². The van der Waals surface area contributed by atoms with E-state index in [2.05, 4.69) is 22.0 Å². The van der Waals surface area contributed by atoms with Gasteiger partial charge in [-0.25, -0.2) is 0 Å². The molecule has 16 heavy (non-hydrogen) atoms. The van der Waals surface area contributed by atoms with E-state index in [0.29, 0.717) is 0 Å². The van der Waals surface area contributed by atoms with E-state index in [9.17, 15) is 5.11 Å². The van der Waals surface area contributed by atoms with Gasteiger partial charge in [0, 0.05) is 20.7 Å². The lowest BCUT2D eigenvalue weighted by Crippen LogP contribution is -2.14. The van der Waals surface area contributed by atoms with Crippen molar-refractivity contribution in [3.8, 4) is 0 Å². The first-order chi connectivity index (χ1) is 7.41. The van der Waals surface area contributed by atoms with Crippen molar-refractivity contribution in [3.05, 3.63) is 28.2 Å². The summed E-state index contributed by atoms with van der Waals surface area (Å²) in [6, 6.07) is 6.17. The van der Waals surface area contributed by atoms with Crippen molar-refractivity contribution in [1.29, 1.82) is 0 Å². The molecule has 3 atom stereocenters. The lowest BCUT2D eigenvalue weighted by molar-refractivity contribution is 0.196. The molecule has 0 radical (unpaired) electrons. The third kappa shape index (κ3) is 3.77. The minimum absolute atomic E-state index is 0.0302. The van der Waals surface area contributed by atoms with Crippen molar-refractivity contribution < 1.29 is 5.11 Å². The van der Waals surface area contributed by atoms with Crippen LogP contribution < -0.4 is 5.73 Å². The summed E-state index contributed by atoms with van der Waals surface area (Å²) in [5, 5.41) is 9.63. The lowest BCUT2D eigenvalue weighted by atomic mass is 10.1. The summed E-state index contributed by atoms with van der Waals surface area (Å²) in [5.41, 5.74) is 6.94. The maximum absolute atomic E-state index is 9.44. The molecule has 0 bridgehead atoms. The van der Waals surface area contributed by atoms with Crippen LogP contribution in [0.4, 0.5) is 0 Å². The van der Waals surface area contributed by atoms with Gasteiger partial charge in [0.25, 0.3) is 0 Å². The van der Waals surface area contributed by atoms with E-state index < -0.39 is 0 Å². The molecular formula is C12H18BrNOS. The molecule has 0 aliphatic heterocycles. The van der Waals surface area contributed by atoms with Crippen LogP contribution in [0.5, 0.6) is 0 Å². The maximum Gasteiger partial charge on any atom is 0.0631 e. The van der Waals surface area contributed by atoms with Gasteiger partial charge in [0.15, 0.2) is 0 Å². The highest BCUT2D eigenvalue weighted by Crippen LogP contribution is 2.31. The fraction of sp³-hybridized carbons (Fsp3) is 0.500. The Balaban J connectivity index is 2.81. The van der Waals surface area contributed by atoms with Crippen LogP contribution in [0.25, 0.3) is 0 Å². The topological polar surface area (TPSA) is 46.2 Å². The third-order valence-corrected chi connectivity index (χ3v) is 4.44. The number of rotatable bonds is 4. The standard InChI is InChI=1S/C12H18BrNOS/c1-7(14)11-5-4-10(6-12(11)13)16-9(3)8(2)15/h4-9,15H,14H2,1-3H3/t7-,8?,9?/m0/s1. The summed E-state index contributed by atoms with van der Waals surface area (Å²) >= 11 is 5.18. The summed E-state index contributed by atoms with van der Waals surface area (Å²) in [6.07, 6.45) is -0.308. The second kappa shape index (κ2) is 6.05. The fourth-order valence-electron chi connectivity index (χ4n) is 1.26. The molecule has 4 heteroatoms. The normalized spacial score (nSPS) is 16.9. The van der Waals surface area contributed by atoms with Crippen molar-refractivity contribution in [1.82, 2.24) is 0 Å². The monoisotopic (exact) mass is 303 g/mol. The third-order valence-electron chi connectivity index (χ3n) is 2.46. The molecule has 0 saturated heterocycles. The first-order valence-corrected chi connectivity index (χ1v) is 6.99. The quantitative estimate of drug-likeness (QED) is 0.839. The van der Waals surface area contributed by atoms with Crippen LogP contribution in [0.15, 0.2) is 27.6 Å². The largest absolute Gasteiger partial charge is 0.392 e. The summed E-state index contributed by atoms with van der Waals surface area (Å²) in [6.45, 7) is 5.79. The van der Waals surface area contributed by atoms with Crippen molar-refractivity contribution in [3.63, 3.8) is 0 Å². The second-order valence-corrected chi connectivity index (χ2v) is 6.34. The Kier molecular flexibility index (Phi) is 5.31. The first kappa shape index (κ1) is 14.0. The minimum Gasteiger partial charge on any atom is -0.392 e. The van der Waals surface area contributed by atoms with Crippen molar-refractivity contribution >= 4 is 27.7 Å². The Labute approximate surface area is 110 Å². The number of halogens is 1. The van der Waals surface area contributed by atoms with Gasteiger partial charge >= 0.3 is 0 Å². The lowest BCUT2D eigenvalue weighted by Gasteiger charge is -2.15. The van der Waals surface area contributed by atoms with E-state index in [1.807, 2.05) is 32.9 Å². The minimum atomic E-state index is -0.308. The molecule has 2 nitrogen and oxygen atoms in total. The number of aliphatic hydroxyl groups excluding tert-OH is 1. The number of hydrogen-bond donors (Lipinski definition) is 2. The van der Waals surface area contributed by atoms with Crippen molar-refractivity contribution in [2.24, 2.45) is 5.73 Å². The Morgan fingerprint density at radius 2 is 1.94 bits per heavy atom. The number of hydrogen-bond acceptors (Lipinski definition) is 3. The van der Waals surface area contributed by atoms with E-state index in [4.69, 9.17) is 5.73 Å². The molecular weight excluding hydrogens is 286 g/mol. The molecule has 0 amide bonds. The van der Waals surface area contributed by atoms with Crippen molar-refractivity contribution in [2.45, 2.75) is 43.1 Å². The summed E-state index contributed by atoms with van der Waals surface area (Å²) in [5.74, 6) is 0. The molecule has 1 aromatic rings. The van der Waals surface area contributed by atoms with E-state index in [-0.39, 0.29) is 17.4 Å². The molecule has 1 aromatic carbocycles. The zero-order valence-electron chi connectivity index (χ0n) is 9.77. The smallest absolute Gasteiger partial charge is 0.0631 e. The maximum atomic E-state index is 9.44. The molecule has 0 aromatic heterocycles. The van der Waals surface area contributed by atoms with Gasteiger partial charge in [0.2, 0.25) is 0 Å². The Morgan fingerprint density at radius 1 is 1.31 bits per heavy atom. The van der Waals surface area contributed by atoms with Crippen LogP contribution in [0.3, 0.4) is 0 Å². The number of benzene rings is 1. The Bertz CT molecular complexity index is 355. The van der Waals surface area contributed by atoms with Crippen LogP contribution in [-0.2, 0) is 0 Å². The van der Waals surface area contributed by atoms with Crippen LogP contribution >= 0.6 is 27.7 Å². The van der Waals surface area contributed by atoms with Gasteiger partial charge in [-0.05, 0) is 31.5 Å². The first-order valence-electron chi connectivity index (χ1n) is 5.31. The molecule has 0 saturated carbocycles. The molecule has 90 valence electrons. The summed E-state index contributed by atoms with van der Waals surface area (Å²) in [4.78, 5) is 1.14. The Morgan fingerprint density at radius 3 is 2.38 bits per heavy atom. The summed E-state index contributed by atoms with van der Waals surface area (Å²) in [7, 11) is 0. The van der Waals surface area contributed by atoms with Gasteiger partial charge in [0.1, 0.15) is 0 Å². The van der Waals surface area contributed by atoms with E-state index in [0.717, 1.165) is 14.9 Å². The molecule has 1 rings (SSSR count). The van der Waals surface area contributed by atoms with Gasteiger partial charge in [0.05, 0.1) is 6.10 Å². The second-order valence-electron chi connectivity index (χ2n) is 4.04. The molecule has 0 heterocycles. The van der Waals surface area contributed by atoms with Gasteiger partial charge < -0.3 is 10.8 Å². The van der Waals surface area contributed by atoms with Crippen LogP contribution in [-0.4, -0.2) is 16.5 Å². The molecule has 0 fully saturated rings. The average molecular weight is 304 g/mol. The van der Waals surface area contributed by atoms with E-state index in [1.54, 1.807) is 11.8 Å². The van der Waals surface area contributed by atoms with E-state index in [1.165, 1.54) is 0 Å². The molecule has 2 unspecified atom stereocenters. The molecule has 0 spiro atoms. The number of aliphatic hydroxyl groups is 1. The highest BCUT2D eigenvalue weighted by Gasteiger charge is 2.12. The van der Waals surface area contributed by atoms with Gasteiger partial charge in [-0.2, -0.15) is 0 Å². The molecule has 0 aliphatic rings. The van der Waals surface area contributed by atoms with E-state index >= 15 is 0 Å². The van der Waals surface area contributed by atoms with Crippen LogP contribution in [0.2, 0.25) is 0 Å². The number of nitrogens with two attached hydrogens (primary N) is 1. The van der Waals surface area contributed by atoms with Crippen LogP contribution in [0.1, 0.15) is 32.4 Å². The molecule has 0 aliphatic carbocycles. The van der Waals surface area contributed by atoms with Gasteiger partial charge in [-0.15, -0.1) is 11.8 Å². The zero-order valence-corrected chi connectivity index (χ0v) is 12.2.